The molecule has 0 radical (unpaired) electrons. The number of hydrogen-bond acceptors (Lipinski definition) is 5. The maximum Gasteiger partial charge on any atom is 0.416 e. The molecule has 0 aliphatic carbocycles. The molecule has 8 N–H and O–H groups in total. The molecule has 2 atom stereocenters. The van der Waals surface area contributed by atoms with Crippen LogP contribution in [0, 0.1) is 0 Å². The summed E-state index contributed by atoms with van der Waals surface area (Å²) in [6, 6.07) is 14.3. The summed E-state index contributed by atoms with van der Waals surface area (Å²) >= 11 is 0. The van der Waals surface area contributed by atoms with Crippen molar-refractivity contribution in [2.45, 2.75) is 103 Å². The van der Waals surface area contributed by atoms with Gasteiger partial charge in [0.05, 0.1) is 17.3 Å². The van der Waals surface area contributed by atoms with Crippen LogP contribution in [0.25, 0.3) is 16.7 Å². The predicted molar refractivity (Wildman–Crippen MR) is 203 cm³/mol. The lowest BCUT2D eigenvalue weighted by molar-refractivity contribution is -0.137. The number of nitrogens with one attached hydrogen (secondary N) is 2. The van der Waals surface area contributed by atoms with Crippen LogP contribution in [0.2, 0.25) is 0 Å². The smallest absolute Gasteiger partial charge is 0.370 e. The minimum Gasteiger partial charge on any atom is -0.370 e. The normalized spacial score (nSPS) is 13.3. The number of aliphatic imine (C=N–C) groups is 1. The molecular weight excluding hydrogens is 653 g/mol. The molecular formula is C39H55F3N8O. The SMILES string of the molecule is C=C[C@@H](NCCCN=C(N)N)c1ccc(-n2cc3cc(C(C)(C)C)[nH]c3nc2=O)cc1.C[C@H](N)CCCc1cc(C(C)(C)C)cc(C(F)(F)F)c1. The van der Waals surface area contributed by atoms with Crippen LogP contribution in [-0.2, 0) is 23.4 Å². The fourth-order valence-corrected chi connectivity index (χ4v) is 5.37. The van der Waals surface area contributed by atoms with E-state index in [0.29, 0.717) is 18.6 Å². The van der Waals surface area contributed by atoms with Crippen LogP contribution >= 0.6 is 0 Å². The average Bonchev–Trinajstić information content (AvgIpc) is 3.45. The molecule has 0 aliphatic heterocycles. The first-order chi connectivity index (χ1) is 23.7. The summed E-state index contributed by atoms with van der Waals surface area (Å²) in [5.41, 5.74) is 20.1. The highest BCUT2D eigenvalue weighted by molar-refractivity contribution is 5.76. The maximum absolute atomic E-state index is 13.0. The third-order valence-corrected chi connectivity index (χ3v) is 8.39. The van der Waals surface area contributed by atoms with Crippen LogP contribution in [0.15, 0.2) is 77.2 Å². The Kier molecular flexibility index (Phi) is 13.8. The van der Waals surface area contributed by atoms with Gasteiger partial charge in [-0.2, -0.15) is 18.2 Å². The van der Waals surface area contributed by atoms with Crippen molar-refractivity contribution in [3.8, 4) is 5.69 Å². The third-order valence-electron chi connectivity index (χ3n) is 8.39. The van der Waals surface area contributed by atoms with Crippen molar-refractivity contribution in [3.05, 3.63) is 106 Å². The standard InChI is InChI=1S/C23H31N7O.C16H24F3N/c1-5-18(26-11-6-12-27-21(24)25)15-7-9-17(10-8-15)30-14-16-13-19(23(2,3)4)28-20(16)29-22(30)31;1-11(20)6-5-7-12-8-13(15(2,3)4)10-14(9-12)16(17,18)19/h5,7-10,13-14,18,26H,1,6,11-12H2,2-4H3,(H4,24,25,27)(H,28,29,31);8-11H,5-7,20H2,1-4H3/t18-;11-/m10/s1. The maximum atomic E-state index is 13.0. The molecule has 51 heavy (non-hydrogen) atoms. The number of guanidine groups is 1. The molecule has 0 aliphatic rings. The van der Waals surface area contributed by atoms with Crippen molar-refractivity contribution >= 4 is 17.0 Å². The summed E-state index contributed by atoms with van der Waals surface area (Å²) in [7, 11) is 0. The molecule has 0 bridgehead atoms. The molecule has 0 saturated heterocycles. The van der Waals surface area contributed by atoms with Gasteiger partial charge in [-0.3, -0.25) is 9.56 Å². The third kappa shape index (κ3) is 12.4. The molecule has 278 valence electrons. The van der Waals surface area contributed by atoms with Gasteiger partial charge < -0.3 is 27.5 Å². The minimum atomic E-state index is -4.29. The van der Waals surface area contributed by atoms with Gasteiger partial charge in [-0.05, 0) is 91.6 Å². The van der Waals surface area contributed by atoms with Crippen LogP contribution in [0.1, 0.15) is 102 Å². The van der Waals surface area contributed by atoms with Crippen molar-refractivity contribution in [1.29, 1.82) is 0 Å². The first-order valence-corrected chi connectivity index (χ1v) is 17.3. The zero-order valence-electron chi connectivity index (χ0n) is 31.0. The number of nitrogens with zero attached hydrogens (tertiary/aromatic N) is 3. The summed E-state index contributed by atoms with van der Waals surface area (Å²) in [5, 5.41) is 4.32. The highest BCUT2D eigenvalue weighted by atomic mass is 19.4. The van der Waals surface area contributed by atoms with Crippen molar-refractivity contribution in [1.82, 2.24) is 19.9 Å². The number of aromatic nitrogens is 3. The zero-order chi connectivity index (χ0) is 38.1. The second kappa shape index (κ2) is 17.2. The molecule has 4 rings (SSSR count). The van der Waals surface area contributed by atoms with Gasteiger partial charge in [0.15, 0.2) is 5.96 Å². The Morgan fingerprint density at radius 2 is 1.65 bits per heavy atom. The van der Waals surface area contributed by atoms with Gasteiger partial charge >= 0.3 is 11.9 Å². The Balaban J connectivity index is 0.000000304. The summed E-state index contributed by atoms with van der Waals surface area (Å²) < 4.78 is 40.5. The summed E-state index contributed by atoms with van der Waals surface area (Å²) in [6.07, 6.45) is 2.46. The van der Waals surface area contributed by atoms with Crippen LogP contribution in [-0.4, -0.2) is 39.6 Å². The van der Waals surface area contributed by atoms with Gasteiger partial charge in [-0.25, -0.2) is 4.79 Å². The number of H-pyrrole nitrogens is 1. The lowest BCUT2D eigenvalue weighted by Gasteiger charge is -2.22. The van der Waals surface area contributed by atoms with Crippen molar-refractivity contribution in [2.75, 3.05) is 13.1 Å². The topological polar surface area (TPSA) is 153 Å². The molecule has 2 heterocycles. The Hall–Kier alpha value is -4.42. The quantitative estimate of drug-likeness (QED) is 0.0456. The number of hydrogen-bond donors (Lipinski definition) is 5. The zero-order valence-corrected chi connectivity index (χ0v) is 31.0. The molecule has 0 amide bonds. The minimum absolute atomic E-state index is 0.00963. The second-order valence-corrected chi connectivity index (χ2v) is 15.1. The molecule has 2 aromatic heterocycles. The number of rotatable bonds is 12. The van der Waals surface area contributed by atoms with Crippen LogP contribution in [0.4, 0.5) is 13.2 Å². The molecule has 12 heteroatoms. The van der Waals surface area contributed by atoms with E-state index in [1.165, 1.54) is 12.1 Å². The van der Waals surface area contributed by atoms with Gasteiger partial charge in [-0.15, -0.1) is 6.58 Å². The largest absolute Gasteiger partial charge is 0.416 e. The summed E-state index contributed by atoms with van der Waals surface area (Å²) in [6.45, 7) is 19.3. The molecule has 2 aromatic carbocycles. The molecule has 0 saturated carbocycles. The lowest BCUT2D eigenvalue weighted by Crippen LogP contribution is -2.24. The van der Waals surface area contributed by atoms with Gasteiger partial charge in [0.2, 0.25) is 0 Å². The summed E-state index contributed by atoms with van der Waals surface area (Å²) in [4.78, 5) is 24.0. The number of halogens is 3. The number of fused-ring (bicyclic) bond motifs is 1. The highest BCUT2D eigenvalue weighted by Crippen LogP contribution is 2.34. The molecule has 0 unspecified atom stereocenters. The number of nitrogens with two attached hydrogens (primary N) is 3. The van der Waals surface area contributed by atoms with E-state index in [9.17, 15) is 18.0 Å². The fraction of sp³-hybridized carbons (Fsp3) is 0.462. The predicted octanol–water partition coefficient (Wildman–Crippen LogP) is 7.16. The lowest BCUT2D eigenvalue weighted by atomic mass is 9.84. The Bertz CT molecular complexity index is 1790. The van der Waals surface area contributed by atoms with Gasteiger partial charge in [0.25, 0.3) is 0 Å². The number of aromatic amines is 1. The number of aryl methyl sites for hydroxylation is 1. The van der Waals surface area contributed by atoms with E-state index in [2.05, 4.69) is 47.6 Å². The number of alkyl halides is 3. The van der Waals surface area contributed by atoms with Gasteiger partial charge in [0.1, 0.15) is 5.65 Å². The molecule has 0 spiro atoms. The Morgan fingerprint density at radius 1 is 1.00 bits per heavy atom. The van der Waals surface area contributed by atoms with E-state index >= 15 is 0 Å². The average molecular weight is 709 g/mol. The van der Waals surface area contributed by atoms with Crippen LogP contribution in [0.3, 0.4) is 0 Å². The van der Waals surface area contributed by atoms with Crippen molar-refractivity contribution in [2.24, 2.45) is 22.2 Å². The Labute approximate surface area is 299 Å². The summed E-state index contributed by atoms with van der Waals surface area (Å²) in [5.74, 6) is 0.105. The first kappa shape index (κ1) is 41.0. The van der Waals surface area contributed by atoms with Gasteiger partial charge in [-0.1, -0.05) is 65.8 Å². The highest BCUT2D eigenvalue weighted by Gasteiger charge is 2.32. The second-order valence-electron chi connectivity index (χ2n) is 15.1. The number of benzene rings is 2. The van der Waals surface area contributed by atoms with E-state index < -0.39 is 11.7 Å². The van der Waals surface area contributed by atoms with Crippen LogP contribution < -0.4 is 28.2 Å². The van der Waals surface area contributed by atoms with Crippen LogP contribution in [0.5, 0.6) is 0 Å². The first-order valence-electron chi connectivity index (χ1n) is 17.3. The molecule has 9 nitrogen and oxygen atoms in total. The van der Waals surface area contributed by atoms with E-state index in [1.54, 1.807) is 4.57 Å². The van der Waals surface area contributed by atoms with E-state index in [4.69, 9.17) is 17.2 Å². The van der Waals surface area contributed by atoms with Gasteiger partial charge in [0, 0.05) is 35.3 Å². The van der Waals surface area contributed by atoms with E-state index in [0.717, 1.165) is 59.3 Å². The fourth-order valence-electron chi connectivity index (χ4n) is 5.37. The van der Waals surface area contributed by atoms with Crippen molar-refractivity contribution in [3.63, 3.8) is 0 Å². The monoisotopic (exact) mass is 708 g/mol. The molecule has 4 aromatic rings. The van der Waals surface area contributed by atoms with E-state index in [-0.39, 0.29) is 34.6 Å². The molecule has 0 fully saturated rings. The van der Waals surface area contributed by atoms with Crippen molar-refractivity contribution < 1.29 is 13.2 Å². The Morgan fingerprint density at radius 3 is 2.20 bits per heavy atom. The van der Waals surface area contributed by atoms with E-state index in [1.807, 2.05) is 76.4 Å².